The quantitative estimate of drug-likeness (QED) is 0.0455. The van der Waals surface area contributed by atoms with Gasteiger partial charge in [0.15, 0.2) is 11.5 Å². The first-order chi connectivity index (χ1) is 24.7. The van der Waals surface area contributed by atoms with E-state index in [2.05, 4.69) is 13.2 Å². The molecule has 51 heavy (non-hydrogen) atoms. The van der Waals surface area contributed by atoms with Gasteiger partial charge in [0.05, 0.1) is 33.5 Å². The molecule has 0 unspecified atom stereocenters. The SMILES string of the molecule is C=CC(=O)OCCCCOc1ccc(/C=C/C(=O)Sc2ccc(SC(=O)/C=C/c3ccc(OCCCCOC(=O)C=C)c(OC)c3)c(C)c2)cc1. The number of carbonyl (C=O) groups excluding carboxylic acids is 4. The average molecular weight is 731 g/mol. The van der Waals surface area contributed by atoms with Gasteiger partial charge in [-0.3, -0.25) is 9.59 Å². The predicted molar refractivity (Wildman–Crippen MR) is 202 cm³/mol. The molecule has 3 aromatic rings. The summed E-state index contributed by atoms with van der Waals surface area (Å²) in [7, 11) is 1.55. The van der Waals surface area contributed by atoms with Crippen LogP contribution in [0.4, 0.5) is 0 Å². The van der Waals surface area contributed by atoms with Crippen LogP contribution in [0.5, 0.6) is 17.2 Å². The minimum atomic E-state index is -0.442. The van der Waals surface area contributed by atoms with Gasteiger partial charge in [-0.05, 0) is 127 Å². The lowest BCUT2D eigenvalue weighted by molar-refractivity contribution is -0.138. The highest BCUT2D eigenvalue weighted by molar-refractivity contribution is 8.14. The number of methoxy groups -OCH3 is 1. The van der Waals surface area contributed by atoms with Gasteiger partial charge in [0, 0.05) is 21.9 Å². The fraction of sp³-hybridized carbons (Fsp3) is 0.250. The summed E-state index contributed by atoms with van der Waals surface area (Å²) in [5.74, 6) is 0.970. The van der Waals surface area contributed by atoms with Crippen LogP contribution in [0.2, 0.25) is 0 Å². The molecule has 9 nitrogen and oxygen atoms in total. The van der Waals surface area contributed by atoms with E-state index in [1.54, 1.807) is 31.4 Å². The Labute approximate surface area is 307 Å². The Balaban J connectivity index is 1.42. The van der Waals surface area contributed by atoms with Crippen molar-refractivity contribution in [1.82, 2.24) is 0 Å². The van der Waals surface area contributed by atoms with E-state index in [0.29, 0.717) is 62.9 Å². The summed E-state index contributed by atoms with van der Waals surface area (Å²) in [5.41, 5.74) is 2.53. The van der Waals surface area contributed by atoms with Crippen LogP contribution in [0.15, 0.2) is 108 Å². The number of ether oxygens (including phenoxy) is 5. The number of esters is 2. The van der Waals surface area contributed by atoms with Crippen LogP contribution in [0, 0.1) is 6.92 Å². The predicted octanol–water partition coefficient (Wildman–Crippen LogP) is 8.44. The van der Waals surface area contributed by atoms with Crippen molar-refractivity contribution >= 4 is 57.8 Å². The molecule has 0 atom stereocenters. The van der Waals surface area contributed by atoms with E-state index in [9.17, 15) is 19.2 Å². The molecule has 0 radical (unpaired) electrons. The molecule has 0 heterocycles. The highest BCUT2D eigenvalue weighted by Gasteiger charge is 2.09. The fourth-order valence-corrected chi connectivity index (χ4v) is 5.70. The van der Waals surface area contributed by atoms with Gasteiger partial charge in [-0.2, -0.15) is 0 Å². The third-order valence-corrected chi connectivity index (χ3v) is 8.73. The van der Waals surface area contributed by atoms with Crippen molar-refractivity contribution in [1.29, 1.82) is 0 Å². The van der Waals surface area contributed by atoms with Gasteiger partial charge in [-0.15, -0.1) is 0 Å². The van der Waals surface area contributed by atoms with Crippen molar-refractivity contribution in [3.05, 3.63) is 115 Å². The van der Waals surface area contributed by atoms with E-state index in [-0.39, 0.29) is 10.2 Å². The number of unbranched alkanes of at least 4 members (excludes halogenated alkanes) is 2. The molecule has 0 N–H and O–H groups in total. The molecule has 3 aromatic carbocycles. The third-order valence-electron chi connectivity index (χ3n) is 6.89. The van der Waals surface area contributed by atoms with Crippen LogP contribution in [-0.4, -0.2) is 55.7 Å². The second-order valence-electron chi connectivity index (χ2n) is 10.8. The van der Waals surface area contributed by atoms with Crippen LogP contribution in [0.25, 0.3) is 12.2 Å². The normalized spacial score (nSPS) is 10.9. The largest absolute Gasteiger partial charge is 0.494 e. The first-order valence-corrected chi connectivity index (χ1v) is 17.9. The van der Waals surface area contributed by atoms with E-state index in [0.717, 1.165) is 68.6 Å². The summed E-state index contributed by atoms with van der Waals surface area (Å²) in [5, 5.41) is -0.262. The fourth-order valence-electron chi connectivity index (χ4n) is 4.25. The minimum absolute atomic E-state index is 0.121. The molecule has 0 amide bonds. The van der Waals surface area contributed by atoms with Gasteiger partial charge in [0.25, 0.3) is 0 Å². The lowest BCUT2D eigenvalue weighted by atomic mass is 10.2. The van der Waals surface area contributed by atoms with Gasteiger partial charge in [0.1, 0.15) is 5.75 Å². The smallest absolute Gasteiger partial charge is 0.330 e. The maximum absolute atomic E-state index is 12.8. The van der Waals surface area contributed by atoms with Gasteiger partial charge in [0.2, 0.25) is 10.2 Å². The van der Waals surface area contributed by atoms with Gasteiger partial charge >= 0.3 is 11.9 Å². The highest BCUT2D eigenvalue weighted by atomic mass is 32.2. The summed E-state index contributed by atoms with van der Waals surface area (Å²) in [4.78, 5) is 49.1. The molecule has 0 fully saturated rings. The molecule has 0 spiro atoms. The Morgan fingerprint density at radius 1 is 0.647 bits per heavy atom. The monoisotopic (exact) mass is 730 g/mol. The maximum atomic E-state index is 12.8. The molecule has 0 bridgehead atoms. The molecule has 0 saturated carbocycles. The number of benzene rings is 3. The number of thioether (sulfide) groups is 2. The van der Waals surface area contributed by atoms with Crippen LogP contribution in [0.3, 0.4) is 0 Å². The van der Waals surface area contributed by atoms with Crippen LogP contribution >= 0.6 is 23.5 Å². The second kappa shape index (κ2) is 22.7. The van der Waals surface area contributed by atoms with Crippen molar-refractivity contribution in [2.45, 2.75) is 42.4 Å². The van der Waals surface area contributed by atoms with Crippen molar-refractivity contribution < 1.29 is 42.9 Å². The van der Waals surface area contributed by atoms with Gasteiger partial charge < -0.3 is 23.7 Å². The molecular weight excluding hydrogens is 689 g/mol. The number of rotatable bonds is 21. The zero-order chi connectivity index (χ0) is 36.8. The van der Waals surface area contributed by atoms with Crippen LogP contribution in [0.1, 0.15) is 42.4 Å². The molecule has 0 aliphatic carbocycles. The Morgan fingerprint density at radius 2 is 1.22 bits per heavy atom. The number of hydrogen-bond donors (Lipinski definition) is 0. The van der Waals surface area contributed by atoms with Gasteiger partial charge in [-0.1, -0.05) is 43.5 Å². The number of aryl methyl sites for hydroxylation is 1. The van der Waals surface area contributed by atoms with Crippen molar-refractivity contribution in [3.8, 4) is 17.2 Å². The summed E-state index contributed by atoms with van der Waals surface area (Å²) < 4.78 is 26.9. The minimum Gasteiger partial charge on any atom is -0.494 e. The van der Waals surface area contributed by atoms with Crippen LogP contribution < -0.4 is 14.2 Å². The van der Waals surface area contributed by atoms with Crippen molar-refractivity contribution in [3.63, 3.8) is 0 Å². The van der Waals surface area contributed by atoms with E-state index in [1.807, 2.05) is 55.5 Å². The summed E-state index contributed by atoms with van der Waals surface area (Å²) in [6.07, 6.45) is 11.6. The lowest BCUT2D eigenvalue weighted by Crippen LogP contribution is -2.05. The Morgan fingerprint density at radius 3 is 1.82 bits per heavy atom. The van der Waals surface area contributed by atoms with E-state index < -0.39 is 11.9 Å². The molecular formula is C40H42O9S2. The number of carbonyl (C=O) groups is 4. The maximum Gasteiger partial charge on any atom is 0.330 e. The molecule has 0 saturated heterocycles. The Kier molecular flexibility index (Phi) is 18.0. The Bertz CT molecular complexity index is 1710. The number of hydrogen-bond acceptors (Lipinski definition) is 11. The topological polar surface area (TPSA) is 114 Å². The zero-order valence-electron chi connectivity index (χ0n) is 28.8. The molecule has 0 aromatic heterocycles. The van der Waals surface area contributed by atoms with Crippen LogP contribution in [-0.2, 0) is 28.7 Å². The van der Waals surface area contributed by atoms with Crippen molar-refractivity contribution in [2.75, 3.05) is 33.5 Å². The molecule has 0 aliphatic heterocycles. The molecule has 3 rings (SSSR count). The van der Waals surface area contributed by atoms with E-state index in [4.69, 9.17) is 23.7 Å². The van der Waals surface area contributed by atoms with Crippen molar-refractivity contribution in [2.24, 2.45) is 0 Å². The summed E-state index contributed by atoms with van der Waals surface area (Å²) >= 11 is 2.22. The zero-order valence-corrected chi connectivity index (χ0v) is 30.4. The second-order valence-corrected chi connectivity index (χ2v) is 12.9. The average Bonchev–Trinajstić information content (AvgIpc) is 3.14. The van der Waals surface area contributed by atoms with E-state index >= 15 is 0 Å². The lowest BCUT2D eigenvalue weighted by Gasteiger charge is -2.11. The standard InChI is InChI=1S/C40H42O9S2/c1-5-37(41)48-25-9-7-23-46-32-16-11-30(12-17-32)14-21-39(43)50-33-18-20-36(29(3)27-33)51-40(44)22-15-31-13-19-34(35(28-31)45-4)47-24-8-10-26-49-38(42)6-2/h5-6,11-22,27-28H,1-2,7-10,23-26H2,3-4H3/b21-14+,22-15+. The molecule has 0 aliphatic rings. The third kappa shape index (κ3) is 15.6. The van der Waals surface area contributed by atoms with Gasteiger partial charge in [-0.25, -0.2) is 9.59 Å². The summed E-state index contributed by atoms with van der Waals surface area (Å²) in [6, 6.07) is 18.4. The van der Waals surface area contributed by atoms with E-state index in [1.165, 1.54) is 12.2 Å². The molecule has 11 heteroatoms. The first kappa shape index (κ1) is 40.4. The first-order valence-electron chi connectivity index (χ1n) is 16.2. The summed E-state index contributed by atoms with van der Waals surface area (Å²) in [6.45, 7) is 10.2. The Hall–Kier alpha value is -5.00. The molecule has 268 valence electrons. The highest BCUT2D eigenvalue weighted by Crippen LogP contribution is 2.31.